The Bertz CT molecular complexity index is 1020. The standard InChI is InChI=1S/C21H24FN3O4S/c1-3-14(2)24-30(28,29)19-10-6-17(7-11-19)23-21(27)15-12-20(26)25(13-15)18-8-4-16(22)5-9-18/h4-11,14-15,24H,3,12-13H2,1-2H3,(H,23,27)/t14-,15-/m1/s1. The summed E-state index contributed by atoms with van der Waals surface area (Å²) >= 11 is 0. The van der Waals surface area contributed by atoms with Crippen LogP contribution in [-0.2, 0) is 19.6 Å². The molecule has 2 aromatic rings. The van der Waals surface area contributed by atoms with Crippen molar-refractivity contribution in [3.63, 3.8) is 0 Å². The minimum atomic E-state index is -3.62. The van der Waals surface area contributed by atoms with Gasteiger partial charge in [-0.2, -0.15) is 0 Å². The zero-order chi connectivity index (χ0) is 21.9. The molecule has 1 aliphatic rings. The Morgan fingerprint density at radius 3 is 2.40 bits per heavy atom. The number of anilines is 2. The van der Waals surface area contributed by atoms with E-state index in [4.69, 9.17) is 0 Å². The lowest BCUT2D eigenvalue weighted by molar-refractivity contribution is -0.122. The van der Waals surface area contributed by atoms with Gasteiger partial charge in [0.15, 0.2) is 0 Å². The van der Waals surface area contributed by atoms with Gasteiger partial charge >= 0.3 is 0 Å². The second-order valence-corrected chi connectivity index (χ2v) is 9.04. The lowest BCUT2D eigenvalue weighted by atomic mass is 10.1. The molecule has 1 heterocycles. The van der Waals surface area contributed by atoms with Gasteiger partial charge in [-0.1, -0.05) is 6.92 Å². The van der Waals surface area contributed by atoms with Crippen LogP contribution < -0.4 is 14.9 Å². The highest BCUT2D eigenvalue weighted by atomic mass is 32.2. The highest BCUT2D eigenvalue weighted by Crippen LogP contribution is 2.26. The number of nitrogens with zero attached hydrogens (tertiary/aromatic N) is 1. The van der Waals surface area contributed by atoms with E-state index in [2.05, 4.69) is 10.0 Å². The summed E-state index contributed by atoms with van der Waals surface area (Å²) in [5.74, 6) is -1.50. The Hall–Kier alpha value is -2.78. The molecule has 0 unspecified atom stereocenters. The van der Waals surface area contributed by atoms with Crippen LogP contribution in [0.5, 0.6) is 0 Å². The predicted molar refractivity (Wildman–Crippen MR) is 112 cm³/mol. The largest absolute Gasteiger partial charge is 0.326 e. The van der Waals surface area contributed by atoms with E-state index < -0.39 is 21.8 Å². The second kappa shape index (κ2) is 8.93. The maximum atomic E-state index is 13.1. The zero-order valence-corrected chi connectivity index (χ0v) is 17.6. The van der Waals surface area contributed by atoms with Gasteiger partial charge < -0.3 is 10.2 Å². The molecule has 0 radical (unpaired) electrons. The lowest BCUT2D eigenvalue weighted by Gasteiger charge is -2.17. The van der Waals surface area contributed by atoms with Crippen LogP contribution in [-0.4, -0.2) is 32.8 Å². The van der Waals surface area contributed by atoms with Crippen LogP contribution in [0, 0.1) is 11.7 Å². The van der Waals surface area contributed by atoms with E-state index in [1.807, 2.05) is 6.92 Å². The summed E-state index contributed by atoms with van der Waals surface area (Å²) in [6.45, 7) is 3.86. The number of benzene rings is 2. The van der Waals surface area contributed by atoms with Crippen molar-refractivity contribution in [2.24, 2.45) is 5.92 Å². The third kappa shape index (κ3) is 5.03. The number of nitrogens with one attached hydrogen (secondary N) is 2. The molecule has 7 nitrogen and oxygen atoms in total. The molecular weight excluding hydrogens is 409 g/mol. The first-order chi connectivity index (χ1) is 14.2. The van der Waals surface area contributed by atoms with Crippen molar-refractivity contribution in [2.75, 3.05) is 16.8 Å². The van der Waals surface area contributed by atoms with Crippen LogP contribution in [0.15, 0.2) is 53.4 Å². The average Bonchev–Trinajstić information content (AvgIpc) is 3.10. The summed E-state index contributed by atoms with van der Waals surface area (Å²) in [5.41, 5.74) is 0.982. The topological polar surface area (TPSA) is 95.6 Å². The fraction of sp³-hybridized carbons (Fsp3) is 0.333. The molecule has 2 atom stereocenters. The van der Waals surface area contributed by atoms with Crippen LogP contribution in [0.25, 0.3) is 0 Å². The first-order valence-electron chi connectivity index (χ1n) is 9.69. The Balaban J connectivity index is 1.63. The number of hydrogen-bond donors (Lipinski definition) is 2. The van der Waals surface area contributed by atoms with Crippen LogP contribution in [0.2, 0.25) is 0 Å². The highest BCUT2D eigenvalue weighted by molar-refractivity contribution is 7.89. The molecule has 0 bridgehead atoms. The van der Waals surface area contributed by atoms with Gasteiger partial charge in [0.2, 0.25) is 21.8 Å². The molecular formula is C21H24FN3O4S. The van der Waals surface area contributed by atoms with Crippen LogP contribution in [0.1, 0.15) is 26.7 Å². The summed E-state index contributed by atoms with van der Waals surface area (Å²) in [4.78, 5) is 26.4. The highest BCUT2D eigenvalue weighted by Gasteiger charge is 2.35. The SMILES string of the molecule is CC[C@@H](C)NS(=O)(=O)c1ccc(NC(=O)[C@@H]2CC(=O)N(c3ccc(F)cc3)C2)cc1. The molecule has 0 spiro atoms. The van der Waals surface area contributed by atoms with Gasteiger partial charge in [0.05, 0.1) is 10.8 Å². The van der Waals surface area contributed by atoms with Gasteiger partial charge in [-0.25, -0.2) is 17.5 Å². The van der Waals surface area contributed by atoms with Crippen molar-refractivity contribution in [2.45, 2.75) is 37.6 Å². The summed E-state index contributed by atoms with van der Waals surface area (Å²) in [7, 11) is -3.62. The van der Waals surface area contributed by atoms with Crippen molar-refractivity contribution in [1.82, 2.24) is 4.72 Å². The van der Waals surface area contributed by atoms with Gasteiger partial charge in [-0.15, -0.1) is 0 Å². The van der Waals surface area contributed by atoms with Gasteiger partial charge in [0, 0.05) is 30.4 Å². The third-order valence-electron chi connectivity index (χ3n) is 5.03. The zero-order valence-electron chi connectivity index (χ0n) is 16.8. The Kier molecular flexibility index (Phi) is 6.52. The minimum Gasteiger partial charge on any atom is -0.326 e. The first-order valence-corrected chi connectivity index (χ1v) is 11.2. The summed E-state index contributed by atoms with van der Waals surface area (Å²) in [6, 6.07) is 11.2. The number of hydrogen-bond acceptors (Lipinski definition) is 4. The van der Waals surface area contributed by atoms with E-state index in [1.165, 1.54) is 53.4 Å². The maximum absolute atomic E-state index is 13.1. The average molecular weight is 434 g/mol. The molecule has 0 saturated carbocycles. The number of halogens is 1. The van der Waals surface area contributed by atoms with Gasteiger partial charge in [0.1, 0.15) is 5.82 Å². The predicted octanol–water partition coefficient (Wildman–Crippen LogP) is 2.89. The van der Waals surface area contributed by atoms with Gasteiger partial charge in [-0.05, 0) is 61.9 Å². The molecule has 1 fully saturated rings. The molecule has 160 valence electrons. The monoisotopic (exact) mass is 433 g/mol. The van der Waals surface area contributed by atoms with Crippen LogP contribution >= 0.6 is 0 Å². The van der Waals surface area contributed by atoms with Gasteiger partial charge in [-0.3, -0.25) is 9.59 Å². The molecule has 3 rings (SSSR count). The minimum absolute atomic E-state index is 0.0501. The second-order valence-electron chi connectivity index (χ2n) is 7.33. The van der Waals surface area contributed by atoms with E-state index in [1.54, 1.807) is 6.92 Å². The first kappa shape index (κ1) is 21.9. The Morgan fingerprint density at radius 1 is 1.17 bits per heavy atom. The van der Waals surface area contributed by atoms with E-state index in [0.29, 0.717) is 17.8 Å². The molecule has 2 N–H and O–H groups in total. The van der Waals surface area contributed by atoms with Crippen molar-refractivity contribution >= 4 is 33.2 Å². The number of carbonyl (C=O) groups is 2. The van der Waals surface area contributed by atoms with E-state index in [-0.39, 0.29) is 35.7 Å². The molecule has 2 amide bonds. The van der Waals surface area contributed by atoms with Crippen LogP contribution in [0.4, 0.5) is 15.8 Å². The molecule has 30 heavy (non-hydrogen) atoms. The molecule has 9 heteroatoms. The van der Waals surface area contributed by atoms with Crippen LogP contribution in [0.3, 0.4) is 0 Å². The number of carbonyl (C=O) groups excluding carboxylic acids is 2. The fourth-order valence-electron chi connectivity index (χ4n) is 3.13. The molecule has 1 saturated heterocycles. The van der Waals surface area contributed by atoms with E-state index in [0.717, 1.165) is 0 Å². The molecule has 1 aliphatic heterocycles. The number of rotatable bonds is 7. The molecule has 2 aromatic carbocycles. The molecule has 0 aromatic heterocycles. The maximum Gasteiger partial charge on any atom is 0.240 e. The third-order valence-corrected chi connectivity index (χ3v) is 6.64. The quantitative estimate of drug-likeness (QED) is 0.702. The van der Waals surface area contributed by atoms with Gasteiger partial charge in [0.25, 0.3) is 0 Å². The van der Waals surface area contributed by atoms with Crippen molar-refractivity contribution in [3.8, 4) is 0 Å². The van der Waals surface area contributed by atoms with Crippen molar-refractivity contribution in [3.05, 3.63) is 54.3 Å². The normalized spacial score (nSPS) is 17.8. The Morgan fingerprint density at radius 2 is 1.80 bits per heavy atom. The number of amides is 2. The summed E-state index contributed by atoms with van der Waals surface area (Å²) < 4.78 is 40.3. The Labute approximate surface area is 175 Å². The van der Waals surface area contributed by atoms with Crippen molar-refractivity contribution < 1.29 is 22.4 Å². The smallest absolute Gasteiger partial charge is 0.240 e. The summed E-state index contributed by atoms with van der Waals surface area (Å²) in [6.07, 6.45) is 0.719. The lowest BCUT2D eigenvalue weighted by Crippen LogP contribution is -2.32. The molecule has 0 aliphatic carbocycles. The van der Waals surface area contributed by atoms with E-state index >= 15 is 0 Å². The van der Waals surface area contributed by atoms with Crippen molar-refractivity contribution in [1.29, 1.82) is 0 Å². The summed E-state index contributed by atoms with van der Waals surface area (Å²) in [5, 5.41) is 2.72. The number of sulfonamides is 1. The van der Waals surface area contributed by atoms with E-state index in [9.17, 15) is 22.4 Å². The fourth-order valence-corrected chi connectivity index (χ4v) is 4.46.